The van der Waals surface area contributed by atoms with Crippen LogP contribution in [0.1, 0.15) is 46.7 Å². The van der Waals surface area contributed by atoms with E-state index in [-0.39, 0.29) is 5.92 Å². The predicted molar refractivity (Wildman–Crippen MR) is 117 cm³/mol. The van der Waals surface area contributed by atoms with Crippen LogP contribution in [0.25, 0.3) is 10.8 Å². The highest BCUT2D eigenvalue weighted by Gasteiger charge is 2.35. The maximum atomic E-state index is 6.83. The Morgan fingerprint density at radius 3 is 2.52 bits per heavy atom. The zero-order valence-corrected chi connectivity index (χ0v) is 16.2. The van der Waals surface area contributed by atoms with Gasteiger partial charge in [-0.1, -0.05) is 60.7 Å². The second-order valence-electron chi connectivity index (χ2n) is 8.02. The summed E-state index contributed by atoms with van der Waals surface area (Å²) in [6, 6.07) is 23.3. The van der Waals surface area contributed by atoms with Crippen molar-refractivity contribution < 1.29 is 4.74 Å². The van der Waals surface area contributed by atoms with E-state index in [1.807, 2.05) is 0 Å². The van der Waals surface area contributed by atoms with Crippen molar-refractivity contribution in [3.63, 3.8) is 0 Å². The number of pyridine rings is 1. The number of fused-ring (bicyclic) bond motifs is 5. The normalized spacial score (nSPS) is 17.2. The standard InChI is InChI=1S/C26H22N2O/c27-25-19-12-6-7-13-20(19)28-26-24(25)22(17-9-2-1-3-10-17)23-18-11-5-4-8-16(18)14-15-21(23)29-26/h1-5,8-11,14-15,22H,6-7,12-13H2,(H2,27,28). The van der Waals surface area contributed by atoms with Gasteiger partial charge in [0.1, 0.15) is 5.75 Å². The molecule has 1 aliphatic carbocycles. The number of nitrogen functional groups attached to an aromatic ring is 1. The second kappa shape index (κ2) is 6.35. The van der Waals surface area contributed by atoms with Gasteiger partial charge in [-0.15, -0.1) is 0 Å². The first kappa shape index (κ1) is 16.6. The third kappa shape index (κ3) is 2.47. The second-order valence-corrected chi connectivity index (χ2v) is 8.02. The van der Waals surface area contributed by atoms with Gasteiger partial charge in [-0.05, 0) is 53.6 Å². The molecule has 3 aromatic carbocycles. The van der Waals surface area contributed by atoms with E-state index < -0.39 is 0 Å². The average Bonchev–Trinajstić information content (AvgIpc) is 2.78. The van der Waals surface area contributed by atoms with Crippen molar-refractivity contribution >= 4 is 16.5 Å². The molecule has 1 aromatic heterocycles. The largest absolute Gasteiger partial charge is 0.438 e. The fourth-order valence-corrected chi connectivity index (χ4v) is 5.01. The summed E-state index contributed by atoms with van der Waals surface area (Å²) in [4.78, 5) is 4.97. The zero-order chi connectivity index (χ0) is 19.4. The Labute approximate surface area is 170 Å². The monoisotopic (exact) mass is 378 g/mol. The predicted octanol–water partition coefficient (Wildman–Crippen LogP) is 5.98. The molecule has 1 aliphatic heterocycles. The number of nitrogens with two attached hydrogens (primary N) is 1. The summed E-state index contributed by atoms with van der Waals surface area (Å²) in [5.74, 6) is 1.58. The molecule has 1 atom stereocenters. The van der Waals surface area contributed by atoms with E-state index in [9.17, 15) is 0 Å². The lowest BCUT2D eigenvalue weighted by molar-refractivity contribution is 0.431. The molecular weight excluding hydrogens is 356 g/mol. The minimum Gasteiger partial charge on any atom is -0.438 e. The molecule has 1 unspecified atom stereocenters. The quantitative estimate of drug-likeness (QED) is 0.390. The summed E-state index contributed by atoms with van der Waals surface area (Å²) in [6.07, 6.45) is 4.33. The Morgan fingerprint density at radius 1 is 0.828 bits per heavy atom. The average molecular weight is 378 g/mol. The van der Waals surface area contributed by atoms with Crippen molar-refractivity contribution in [1.29, 1.82) is 0 Å². The van der Waals surface area contributed by atoms with Gasteiger partial charge in [0.2, 0.25) is 5.88 Å². The molecule has 3 heteroatoms. The molecule has 2 heterocycles. The number of hydrogen-bond donors (Lipinski definition) is 1. The summed E-state index contributed by atoms with van der Waals surface area (Å²) >= 11 is 0. The van der Waals surface area contributed by atoms with Gasteiger partial charge in [0.15, 0.2) is 0 Å². The summed E-state index contributed by atoms with van der Waals surface area (Å²) in [5.41, 5.74) is 13.5. The molecule has 29 heavy (non-hydrogen) atoms. The van der Waals surface area contributed by atoms with Crippen LogP contribution in [0.15, 0.2) is 66.7 Å². The Morgan fingerprint density at radius 2 is 1.62 bits per heavy atom. The van der Waals surface area contributed by atoms with Gasteiger partial charge in [-0.25, -0.2) is 4.98 Å². The fourth-order valence-electron chi connectivity index (χ4n) is 5.01. The summed E-state index contributed by atoms with van der Waals surface area (Å²) in [6.45, 7) is 0. The third-order valence-corrected chi connectivity index (χ3v) is 6.37. The number of aromatic nitrogens is 1. The van der Waals surface area contributed by atoms with Gasteiger partial charge in [-0.3, -0.25) is 0 Å². The van der Waals surface area contributed by atoms with E-state index in [4.69, 9.17) is 15.5 Å². The van der Waals surface area contributed by atoms with E-state index in [1.165, 1.54) is 40.3 Å². The van der Waals surface area contributed by atoms with E-state index in [2.05, 4.69) is 66.7 Å². The number of ether oxygens (including phenoxy) is 1. The van der Waals surface area contributed by atoms with Gasteiger partial charge < -0.3 is 10.5 Å². The first-order chi connectivity index (χ1) is 14.3. The Kier molecular flexibility index (Phi) is 3.63. The fraction of sp³-hybridized carbons (Fsp3) is 0.192. The Balaban J connectivity index is 1.70. The Hall–Kier alpha value is -3.33. The molecule has 6 rings (SSSR count). The van der Waals surface area contributed by atoms with E-state index in [0.29, 0.717) is 5.88 Å². The molecule has 0 fully saturated rings. The minimum atomic E-state index is 0.0146. The summed E-state index contributed by atoms with van der Waals surface area (Å²) in [5, 5.41) is 2.42. The van der Waals surface area contributed by atoms with Crippen LogP contribution in [0.4, 0.5) is 5.69 Å². The van der Waals surface area contributed by atoms with Crippen LogP contribution in [0.5, 0.6) is 11.6 Å². The van der Waals surface area contributed by atoms with Crippen LogP contribution in [-0.2, 0) is 12.8 Å². The molecule has 0 radical (unpaired) electrons. The summed E-state index contributed by atoms with van der Waals surface area (Å²) in [7, 11) is 0. The van der Waals surface area contributed by atoms with Crippen LogP contribution >= 0.6 is 0 Å². The topological polar surface area (TPSA) is 48.1 Å². The maximum Gasteiger partial charge on any atom is 0.225 e. The first-order valence-corrected chi connectivity index (χ1v) is 10.4. The number of anilines is 1. The maximum absolute atomic E-state index is 6.83. The molecule has 0 bridgehead atoms. The van der Waals surface area contributed by atoms with Crippen LogP contribution in [-0.4, -0.2) is 4.98 Å². The van der Waals surface area contributed by atoms with Crippen molar-refractivity contribution in [2.75, 3.05) is 5.73 Å². The molecule has 0 amide bonds. The molecule has 2 aliphatic rings. The molecule has 0 saturated carbocycles. The van der Waals surface area contributed by atoms with Crippen LogP contribution in [0.2, 0.25) is 0 Å². The molecule has 4 aromatic rings. The van der Waals surface area contributed by atoms with Crippen LogP contribution < -0.4 is 10.5 Å². The van der Waals surface area contributed by atoms with Gasteiger partial charge in [0.05, 0.1) is 0 Å². The lowest BCUT2D eigenvalue weighted by atomic mass is 9.79. The third-order valence-electron chi connectivity index (χ3n) is 6.37. The van der Waals surface area contributed by atoms with Gasteiger partial charge in [0, 0.05) is 28.4 Å². The van der Waals surface area contributed by atoms with Crippen LogP contribution in [0.3, 0.4) is 0 Å². The van der Waals surface area contributed by atoms with Crippen molar-refractivity contribution in [1.82, 2.24) is 4.98 Å². The SMILES string of the molecule is Nc1c2c(nc3c1C(c1ccccc1)c1c(ccc4ccccc14)O3)CCCC2. The molecule has 0 saturated heterocycles. The van der Waals surface area contributed by atoms with Gasteiger partial charge >= 0.3 is 0 Å². The Bertz CT molecular complexity index is 1250. The van der Waals surface area contributed by atoms with Crippen molar-refractivity contribution in [3.8, 4) is 11.6 Å². The van der Waals surface area contributed by atoms with Crippen molar-refractivity contribution in [3.05, 3.63) is 94.7 Å². The number of aryl methyl sites for hydroxylation is 1. The molecule has 0 spiro atoms. The first-order valence-electron chi connectivity index (χ1n) is 10.4. The highest BCUT2D eigenvalue weighted by Crippen LogP contribution is 2.52. The molecule has 142 valence electrons. The van der Waals surface area contributed by atoms with E-state index in [1.54, 1.807) is 0 Å². The van der Waals surface area contributed by atoms with Gasteiger partial charge in [0.25, 0.3) is 0 Å². The van der Waals surface area contributed by atoms with Crippen molar-refractivity contribution in [2.24, 2.45) is 0 Å². The summed E-state index contributed by atoms with van der Waals surface area (Å²) < 4.78 is 6.39. The smallest absolute Gasteiger partial charge is 0.225 e. The zero-order valence-electron chi connectivity index (χ0n) is 16.2. The molecule has 2 N–H and O–H groups in total. The molecular formula is C26H22N2O. The van der Waals surface area contributed by atoms with E-state index >= 15 is 0 Å². The number of benzene rings is 3. The highest BCUT2D eigenvalue weighted by molar-refractivity contribution is 5.91. The van der Waals surface area contributed by atoms with Crippen molar-refractivity contribution in [2.45, 2.75) is 31.6 Å². The van der Waals surface area contributed by atoms with Gasteiger partial charge in [-0.2, -0.15) is 0 Å². The van der Waals surface area contributed by atoms with Crippen LogP contribution in [0, 0.1) is 0 Å². The number of nitrogens with zero attached hydrogens (tertiary/aromatic N) is 1. The molecule has 3 nitrogen and oxygen atoms in total. The number of rotatable bonds is 1. The minimum absolute atomic E-state index is 0.0146. The lowest BCUT2D eigenvalue weighted by Crippen LogP contribution is -2.19. The highest BCUT2D eigenvalue weighted by atomic mass is 16.5. The lowest BCUT2D eigenvalue weighted by Gasteiger charge is -2.32. The van der Waals surface area contributed by atoms with E-state index in [0.717, 1.165) is 35.5 Å². The number of hydrogen-bond acceptors (Lipinski definition) is 3.